The van der Waals surface area contributed by atoms with E-state index in [1.54, 1.807) is 18.4 Å². The van der Waals surface area contributed by atoms with E-state index in [1.165, 1.54) is 0 Å². The van der Waals surface area contributed by atoms with Crippen LogP contribution in [-0.4, -0.2) is 12.0 Å². The van der Waals surface area contributed by atoms with Crippen LogP contribution >= 0.6 is 0 Å². The summed E-state index contributed by atoms with van der Waals surface area (Å²) in [5, 5.41) is 0. The van der Waals surface area contributed by atoms with Crippen LogP contribution in [0.2, 0.25) is 0 Å². The van der Waals surface area contributed by atoms with Gasteiger partial charge in [-0.1, -0.05) is 0 Å². The maximum Gasteiger partial charge on any atom is 0.298 e. The SMILES string of the molecule is CN(Cc1ccco1)c1nc2ccc(N)cc2o1. The molecule has 0 amide bonds. The Kier molecular flexibility index (Phi) is 2.44. The highest BCUT2D eigenvalue weighted by Crippen LogP contribution is 2.23. The Hall–Kier alpha value is -2.43. The average molecular weight is 243 g/mol. The summed E-state index contributed by atoms with van der Waals surface area (Å²) in [5.41, 5.74) is 7.86. The zero-order valence-electron chi connectivity index (χ0n) is 9.96. The van der Waals surface area contributed by atoms with Gasteiger partial charge in [-0.15, -0.1) is 0 Å². The summed E-state index contributed by atoms with van der Waals surface area (Å²) in [4.78, 5) is 6.28. The van der Waals surface area contributed by atoms with E-state index < -0.39 is 0 Å². The van der Waals surface area contributed by atoms with Crippen molar-refractivity contribution in [3.8, 4) is 0 Å². The van der Waals surface area contributed by atoms with Crippen molar-refractivity contribution in [2.75, 3.05) is 17.7 Å². The maximum absolute atomic E-state index is 5.70. The van der Waals surface area contributed by atoms with Crippen molar-refractivity contribution < 1.29 is 8.83 Å². The number of hydrogen-bond donors (Lipinski definition) is 1. The van der Waals surface area contributed by atoms with Gasteiger partial charge in [-0.3, -0.25) is 0 Å². The first kappa shape index (κ1) is 10.7. The van der Waals surface area contributed by atoms with Gasteiger partial charge in [-0.2, -0.15) is 4.98 Å². The van der Waals surface area contributed by atoms with Crippen molar-refractivity contribution in [1.29, 1.82) is 0 Å². The summed E-state index contributed by atoms with van der Waals surface area (Å²) >= 11 is 0. The van der Waals surface area contributed by atoms with Crippen molar-refractivity contribution >= 4 is 22.8 Å². The van der Waals surface area contributed by atoms with Gasteiger partial charge in [0.15, 0.2) is 5.58 Å². The number of benzene rings is 1. The number of nitrogen functional groups attached to an aromatic ring is 1. The second-order valence-electron chi connectivity index (χ2n) is 4.16. The van der Waals surface area contributed by atoms with Gasteiger partial charge in [0, 0.05) is 18.8 Å². The number of fused-ring (bicyclic) bond motifs is 1. The zero-order chi connectivity index (χ0) is 12.5. The highest BCUT2D eigenvalue weighted by Gasteiger charge is 2.11. The third-order valence-electron chi connectivity index (χ3n) is 2.70. The van der Waals surface area contributed by atoms with Gasteiger partial charge in [-0.05, 0) is 24.3 Å². The normalized spacial score (nSPS) is 10.9. The van der Waals surface area contributed by atoms with Crippen LogP contribution in [0.3, 0.4) is 0 Å². The van der Waals surface area contributed by atoms with Gasteiger partial charge in [0.2, 0.25) is 0 Å². The van der Waals surface area contributed by atoms with Crippen LogP contribution in [0.25, 0.3) is 11.1 Å². The Bertz CT molecular complexity index is 658. The molecule has 2 aromatic heterocycles. The van der Waals surface area contributed by atoms with Crippen molar-refractivity contribution in [2.24, 2.45) is 0 Å². The summed E-state index contributed by atoms with van der Waals surface area (Å²) in [6, 6.07) is 9.74. The van der Waals surface area contributed by atoms with Gasteiger partial charge in [0.25, 0.3) is 6.01 Å². The molecule has 18 heavy (non-hydrogen) atoms. The molecule has 0 aliphatic heterocycles. The number of nitrogens with two attached hydrogens (primary N) is 1. The minimum Gasteiger partial charge on any atom is -0.467 e. The smallest absolute Gasteiger partial charge is 0.298 e. The van der Waals surface area contributed by atoms with Crippen LogP contribution in [-0.2, 0) is 6.54 Å². The molecule has 0 saturated heterocycles. The molecule has 0 aliphatic rings. The number of furan rings is 1. The van der Waals surface area contributed by atoms with Crippen molar-refractivity contribution in [1.82, 2.24) is 4.98 Å². The molecule has 1 aromatic carbocycles. The molecule has 0 bridgehead atoms. The van der Waals surface area contributed by atoms with Crippen LogP contribution in [0.4, 0.5) is 11.7 Å². The van der Waals surface area contributed by atoms with E-state index in [2.05, 4.69) is 4.98 Å². The number of oxazole rings is 1. The monoisotopic (exact) mass is 243 g/mol. The van der Waals surface area contributed by atoms with Gasteiger partial charge >= 0.3 is 0 Å². The van der Waals surface area contributed by atoms with E-state index in [0.717, 1.165) is 11.3 Å². The van der Waals surface area contributed by atoms with E-state index in [9.17, 15) is 0 Å². The molecule has 0 unspecified atom stereocenters. The van der Waals surface area contributed by atoms with Crippen LogP contribution in [0, 0.1) is 0 Å². The lowest BCUT2D eigenvalue weighted by molar-refractivity contribution is 0.494. The van der Waals surface area contributed by atoms with Crippen molar-refractivity contribution in [2.45, 2.75) is 6.54 Å². The second kappa shape index (κ2) is 4.10. The quantitative estimate of drug-likeness (QED) is 0.716. The van der Waals surface area contributed by atoms with Crippen LogP contribution in [0.5, 0.6) is 0 Å². The summed E-state index contributed by atoms with van der Waals surface area (Å²) in [6.45, 7) is 0.606. The molecule has 0 atom stereocenters. The molecule has 3 rings (SSSR count). The molecule has 3 aromatic rings. The van der Waals surface area contributed by atoms with E-state index >= 15 is 0 Å². The molecule has 0 aliphatic carbocycles. The van der Waals surface area contributed by atoms with Crippen molar-refractivity contribution in [3.63, 3.8) is 0 Å². The Balaban J connectivity index is 1.89. The lowest BCUT2D eigenvalue weighted by Gasteiger charge is -2.11. The number of aromatic nitrogens is 1. The molecule has 5 heteroatoms. The van der Waals surface area contributed by atoms with Crippen molar-refractivity contribution in [3.05, 3.63) is 42.4 Å². The maximum atomic E-state index is 5.70. The molecule has 0 radical (unpaired) electrons. The number of hydrogen-bond acceptors (Lipinski definition) is 5. The molecule has 0 saturated carbocycles. The highest BCUT2D eigenvalue weighted by atomic mass is 16.4. The second-order valence-corrected chi connectivity index (χ2v) is 4.16. The molecule has 5 nitrogen and oxygen atoms in total. The first-order chi connectivity index (χ1) is 8.72. The van der Waals surface area contributed by atoms with Gasteiger partial charge in [0.05, 0.1) is 12.8 Å². The Morgan fingerprint density at radius 3 is 3.00 bits per heavy atom. The molecule has 2 heterocycles. The van der Waals surface area contributed by atoms with Crippen LogP contribution < -0.4 is 10.6 Å². The minimum atomic E-state index is 0.548. The van der Waals surface area contributed by atoms with Crippen LogP contribution in [0.15, 0.2) is 45.4 Å². The standard InChI is InChI=1S/C13H13N3O2/c1-16(8-10-3-2-6-17-10)13-15-11-5-4-9(14)7-12(11)18-13/h2-7H,8,14H2,1H3. The minimum absolute atomic E-state index is 0.548. The summed E-state index contributed by atoms with van der Waals surface area (Å²) < 4.78 is 10.9. The molecule has 0 fully saturated rings. The average Bonchev–Trinajstić information content (AvgIpc) is 2.96. The summed E-state index contributed by atoms with van der Waals surface area (Å²) in [5.74, 6) is 0.860. The largest absolute Gasteiger partial charge is 0.467 e. The Morgan fingerprint density at radius 1 is 1.33 bits per heavy atom. The van der Waals surface area contributed by atoms with Gasteiger partial charge in [0.1, 0.15) is 11.3 Å². The fraction of sp³-hybridized carbons (Fsp3) is 0.154. The lowest BCUT2D eigenvalue weighted by atomic mass is 10.3. The predicted octanol–water partition coefficient (Wildman–Crippen LogP) is 2.64. The molecule has 2 N–H and O–H groups in total. The highest BCUT2D eigenvalue weighted by molar-refractivity contribution is 5.78. The molecule has 0 spiro atoms. The number of rotatable bonds is 3. The Morgan fingerprint density at radius 2 is 2.22 bits per heavy atom. The van der Waals surface area contributed by atoms with E-state index in [1.807, 2.05) is 30.1 Å². The number of anilines is 2. The van der Waals surface area contributed by atoms with Gasteiger partial charge in [-0.25, -0.2) is 0 Å². The lowest BCUT2D eigenvalue weighted by Crippen LogP contribution is -2.15. The fourth-order valence-corrected chi connectivity index (χ4v) is 1.80. The summed E-state index contributed by atoms with van der Waals surface area (Å²) in [6.07, 6.45) is 1.65. The van der Waals surface area contributed by atoms with Gasteiger partial charge < -0.3 is 19.5 Å². The molecular formula is C13H13N3O2. The number of nitrogens with zero attached hydrogens (tertiary/aromatic N) is 2. The fourth-order valence-electron chi connectivity index (χ4n) is 1.80. The predicted molar refractivity (Wildman–Crippen MR) is 69.2 cm³/mol. The summed E-state index contributed by atoms with van der Waals surface area (Å²) in [7, 11) is 1.90. The molecular weight excluding hydrogens is 230 g/mol. The van der Waals surface area contributed by atoms with Crippen LogP contribution in [0.1, 0.15) is 5.76 Å². The van der Waals surface area contributed by atoms with E-state index in [4.69, 9.17) is 14.6 Å². The molecule has 92 valence electrons. The zero-order valence-corrected chi connectivity index (χ0v) is 9.96. The van der Waals surface area contributed by atoms with E-state index in [-0.39, 0.29) is 0 Å². The Labute approximate surface area is 104 Å². The first-order valence-corrected chi connectivity index (χ1v) is 5.62. The topological polar surface area (TPSA) is 68.4 Å². The first-order valence-electron chi connectivity index (χ1n) is 5.62. The van der Waals surface area contributed by atoms with E-state index in [0.29, 0.717) is 23.8 Å². The third kappa shape index (κ3) is 1.90. The third-order valence-corrected chi connectivity index (χ3v) is 2.70.